The number of carbonyl (C=O) groups is 1. The van der Waals surface area contributed by atoms with Crippen LogP contribution in [0, 0.1) is 5.92 Å². The molecule has 0 saturated heterocycles. The van der Waals surface area contributed by atoms with Gasteiger partial charge in [0.1, 0.15) is 5.15 Å². The standard InChI is InChI=1S/C12H17ClN2O2/c1-3-8(2)10(16)7-15-12(17)9-4-5-14-11(13)6-9/h4-6,8,10,16H,3,7H2,1-2H3,(H,15,17). The first-order chi connectivity index (χ1) is 8.04. The monoisotopic (exact) mass is 256 g/mol. The van der Waals surface area contributed by atoms with E-state index in [1.807, 2.05) is 13.8 Å². The second kappa shape index (κ2) is 6.57. The van der Waals surface area contributed by atoms with Gasteiger partial charge in [0.2, 0.25) is 0 Å². The number of hydrogen-bond donors (Lipinski definition) is 2. The van der Waals surface area contributed by atoms with Crippen molar-refractivity contribution in [1.29, 1.82) is 0 Å². The molecule has 17 heavy (non-hydrogen) atoms. The molecule has 1 heterocycles. The minimum Gasteiger partial charge on any atom is -0.391 e. The molecule has 0 aliphatic carbocycles. The van der Waals surface area contributed by atoms with Crippen LogP contribution in [0.4, 0.5) is 0 Å². The number of carbonyl (C=O) groups excluding carboxylic acids is 1. The molecule has 0 aromatic carbocycles. The van der Waals surface area contributed by atoms with Crippen LogP contribution in [0.2, 0.25) is 5.15 Å². The fraction of sp³-hybridized carbons (Fsp3) is 0.500. The Balaban J connectivity index is 2.50. The van der Waals surface area contributed by atoms with E-state index in [0.29, 0.717) is 5.56 Å². The van der Waals surface area contributed by atoms with Gasteiger partial charge < -0.3 is 10.4 Å². The zero-order chi connectivity index (χ0) is 12.8. The summed E-state index contributed by atoms with van der Waals surface area (Å²) in [6.07, 6.45) is 1.82. The number of aromatic nitrogens is 1. The number of rotatable bonds is 5. The van der Waals surface area contributed by atoms with Crippen LogP contribution in [-0.2, 0) is 0 Å². The summed E-state index contributed by atoms with van der Waals surface area (Å²) in [7, 11) is 0. The number of nitrogens with one attached hydrogen (secondary N) is 1. The van der Waals surface area contributed by atoms with Gasteiger partial charge in [0.25, 0.3) is 5.91 Å². The first-order valence-electron chi connectivity index (χ1n) is 5.62. The highest BCUT2D eigenvalue weighted by Gasteiger charge is 2.14. The number of halogens is 1. The molecule has 94 valence electrons. The Morgan fingerprint density at radius 3 is 2.94 bits per heavy atom. The first-order valence-corrected chi connectivity index (χ1v) is 6.00. The van der Waals surface area contributed by atoms with E-state index < -0.39 is 6.10 Å². The molecule has 2 atom stereocenters. The van der Waals surface area contributed by atoms with Crippen molar-refractivity contribution < 1.29 is 9.90 Å². The molecule has 0 spiro atoms. The lowest BCUT2D eigenvalue weighted by Gasteiger charge is -2.17. The van der Waals surface area contributed by atoms with Crippen molar-refractivity contribution in [2.45, 2.75) is 26.4 Å². The molecular weight excluding hydrogens is 240 g/mol. The summed E-state index contributed by atoms with van der Waals surface area (Å²) in [4.78, 5) is 15.5. The third-order valence-corrected chi connectivity index (χ3v) is 2.97. The molecule has 1 aromatic rings. The Morgan fingerprint density at radius 2 is 2.35 bits per heavy atom. The fourth-order valence-corrected chi connectivity index (χ4v) is 1.49. The summed E-state index contributed by atoms with van der Waals surface area (Å²) in [6, 6.07) is 3.07. The maximum absolute atomic E-state index is 11.7. The maximum Gasteiger partial charge on any atom is 0.251 e. The fourth-order valence-electron chi connectivity index (χ4n) is 1.32. The Kier molecular flexibility index (Phi) is 5.38. The zero-order valence-electron chi connectivity index (χ0n) is 9.98. The number of pyridine rings is 1. The molecule has 2 unspecified atom stereocenters. The van der Waals surface area contributed by atoms with Crippen molar-refractivity contribution in [3.8, 4) is 0 Å². The van der Waals surface area contributed by atoms with Crippen LogP contribution in [0.3, 0.4) is 0 Å². The van der Waals surface area contributed by atoms with Crippen molar-refractivity contribution in [2.75, 3.05) is 6.54 Å². The van der Waals surface area contributed by atoms with Crippen LogP contribution in [0.25, 0.3) is 0 Å². The molecule has 0 radical (unpaired) electrons. The Hall–Kier alpha value is -1.13. The lowest BCUT2D eigenvalue weighted by atomic mass is 10.0. The average Bonchev–Trinajstić information content (AvgIpc) is 2.34. The lowest BCUT2D eigenvalue weighted by Crippen LogP contribution is -2.35. The quantitative estimate of drug-likeness (QED) is 0.791. The van der Waals surface area contributed by atoms with Gasteiger partial charge in [-0.2, -0.15) is 0 Å². The van der Waals surface area contributed by atoms with Crippen LogP contribution < -0.4 is 5.32 Å². The molecule has 0 aliphatic heterocycles. The van der Waals surface area contributed by atoms with Crippen LogP contribution in [0.5, 0.6) is 0 Å². The molecule has 2 N–H and O–H groups in total. The van der Waals surface area contributed by atoms with Crippen molar-refractivity contribution in [3.05, 3.63) is 29.0 Å². The van der Waals surface area contributed by atoms with E-state index in [0.717, 1.165) is 6.42 Å². The summed E-state index contributed by atoms with van der Waals surface area (Å²) < 4.78 is 0. The van der Waals surface area contributed by atoms with Crippen LogP contribution in [0.15, 0.2) is 18.3 Å². The minimum absolute atomic E-state index is 0.163. The van der Waals surface area contributed by atoms with Gasteiger partial charge in [-0.25, -0.2) is 4.98 Å². The van der Waals surface area contributed by atoms with Crippen molar-refractivity contribution in [1.82, 2.24) is 10.3 Å². The second-order valence-electron chi connectivity index (χ2n) is 4.03. The highest BCUT2D eigenvalue weighted by molar-refractivity contribution is 6.29. The van der Waals surface area contributed by atoms with E-state index in [2.05, 4.69) is 10.3 Å². The summed E-state index contributed by atoms with van der Waals surface area (Å²) in [5.74, 6) is -0.0898. The predicted octanol–water partition coefficient (Wildman–Crippen LogP) is 1.87. The summed E-state index contributed by atoms with van der Waals surface area (Å²) in [5.41, 5.74) is 0.446. The van der Waals surface area contributed by atoms with E-state index in [4.69, 9.17) is 11.6 Å². The molecule has 1 rings (SSSR count). The molecule has 4 nitrogen and oxygen atoms in total. The molecule has 1 amide bonds. The molecular formula is C12H17ClN2O2. The van der Waals surface area contributed by atoms with E-state index in [9.17, 15) is 9.90 Å². The topological polar surface area (TPSA) is 62.2 Å². The summed E-state index contributed by atoms with van der Waals surface area (Å²) >= 11 is 5.68. The van der Waals surface area contributed by atoms with Gasteiger partial charge in [-0.15, -0.1) is 0 Å². The second-order valence-corrected chi connectivity index (χ2v) is 4.42. The van der Waals surface area contributed by atoms with Crippen LogP contribution >= 0.6 is 11.6 Å². The molecule has 0 fully saturated rings. The van der Waals surface area contributed by atoms with Gasteiger partial charge >= 0.3 is 0 Å². The van der Waals surface area contributed by atoms with Gasteiger partial charge in [-0.1, -0.05) is 31.9 Å². The maximum atomic E-state index is 11.7. The predicted molar refractivity (Wildman–Crippen MR) is 67.0 cm³/mol. The Labute approximate surface area is 106 Å². The zero-order valence-corrected chi connectivity index (χ0v) is 10.7. The number of nitrogens with zero attached hydrogens (tertiary/aromatic N) is 1. The molecule has 0 saturated carbocycles. The third kappa shape index (κ3) is 4.32. The molecule has 1 aromatic heterocycles. The van der Waals surface area contributed by atoms with Gasteiger partial charge in [0.15, 0.2) is 0 Å². The number of aliphatic hydroxyl groups is 1. The minimum atomic E-state index is -0.527. The lowest BCUT2D eigenvalue weighted by molar-refractivity contribution is 0.0850. The van der Waals surface area contributed by atoms with Crippen molar-refractivity contribution >= 4 is 17.5 Å². The highest BCUT2D eigenvalue weighted by atomic mass is 35.5. The van der Waals surface area contributed by atoms with Gasteiger partial charge in [-0.3, -0.25) is 4.79 Å². The largest absolute Gasteiger partial charge is 0.391 e. The van der Waals surface area contributed by atoms with E-state index in [1.165, 1.54) is 12.3 Å². The number of aliphatic hydroxyl groups excluding tert-OH is 1. The number of amides is 1. The van der Waals surface area contributed by atoms with Gasteiger partial charge in [0, 0.05) is 18.3 Å². The normalized spacial score (nSPS) is 14.1. The van der Waals surface area contributed by atoms with Crippen molar-refractivity contribution in [2.24, 2.45) is 5.92 Å². The molecule has 0 aliphatic rings. The first kappa shape index (κ1) is 13.9. The van der Waals surface area contributed by atoms with Crippen molar-refractivity contribution in [3.63, 3.8) is 0 Å². The highest BCUT2D eigenvalue weighted by Crippen LogP contribution is 2.08. The van der Waals surface area contributed by atoms with E-state index >= 15 is 0 Å². The van der Waals surface area contributed by atoms with E-state index in [-0.39, 0.29) is 23.5 Å². The third-order valence-electron chi connectivity index (χ3n) is 2.76. The molecule has 0 bridgehead atoms. The molecule has 5 heteroatoms. The number of hydrogen-bond acceptors (Lipinski definition) is 3. The Bertz CT molecular complexity index is 385. The van der Waals surface area contributed by atoms with Crippen LogP contribution in [0.1, 0.15) is 30.6 Å². The van der Waals surface area contributed by atoms with Gasteiger partial charge in [-0.05, 0) is 18.1 Å². The van der Waals surface area contributed by atoms with E-state index in [1.54, 1.807) is 6.07 Å². The smallest absolute Gasteiger partial charge is 0.251 e. The SMILES string of the molecule is CCC(C)C(O)CNC(=O)c1ccnc(Cl)c1. The summed E-state index contributed by atoms with van der Waals surface area (Å²) in [5, 5.41) is 12.7. The van der Waals surface area contributed by atoms with Crippen LogP contribution in [-0.4, -0.2) is 28.6 Å². The Morgan fingerprint density at radius 1 is 1.65 bits per heavy atom. The van der Waals surface area contributed by atoms with Gasteiger partial charge in [0.05, 0.1) is 6.10 Å². The average molecular weight is 257 g/mol. The summed E-state index contributed by atoms with van der Waals surface area (Å²) in [6.45, 7) is 4.19.